The lowest BCUT2D eigenvalue weighted by Gasteiger charge is -2.57. The lowest BCUT2D eigenvalue weighted by atomic mass is 9.49. The molecule has 4 aliphatic rings. The van der Waals surface area contributed by atoms with Crippen LogP contribution in [0.25, 0.3) is 0 Å². The van der Waals surface area contributed by atoms with Crippen LogP contribution < -0.4 is 5.32 Å². The number of carbonyl (C=O) groups is 1. The lowest BCUT2D eigenvalue weighted by molar-refractivity contribution is -0.140. The molecular formula is C27H47NO3. The third-order valence-electron chi connectivity index (χ3n) is 10.4. The van der Waals surface area contributed by atoms with Crippen molar-refractivity contribution in [1.82, 2.24) is 5.32 Å². The summed E-state index contributed by atoms with van der Waals surface area (Å²) < 4.78 is 4.76. The molecule has 0 aromatic heterocycles. The van der Waals surface area contributed by atoms with Crippen LogP contribution in [0.1, 0.15) is 97.8 Å². The van der Waals surface area contributed by atoms with Gasteiger partial charge in [0.05, 0.1) is 12.7 Å². The summed E-state index contributed by atoms with van der Waals surface area (Å²) in [5, 5.41) is 14.4. The molecule has 9 atom stereocenters. The van der Waals surface area contributed by atoms with Crippen molar-refractivity contribution in [3.63, 3.8) is 0 Å². The number of hydrogen-bond acceptors (Lipinski definition) is 4. The Balaban J connectivity index is 1.31. The summed E-state index contributed by atoms with van der Waals surface area (Å²) in [7, 11) is 1.47. The van der Waals surface area contributed by atoms with Gasteiger partial charge in [0.15, 0.2) is 0 Å². The van der Waals surface area contributed by atoms with E-state index in [4.69, 9.17) is 4.74 Å². The summed E-state index contributed by atoms with van der Waals surface area (Å²) in [6.45, 7) is 8.09. The van der Waals surface area contributed by atoms with Crippen molar-refractivity contribution in [3.05, 3.63) is 0 Å². The quantitative estimate of drug-likeness (QED) is 0.533. The summed E-state index contributed by atoms with van der Waals surface area (Å²) in [5.41, 5.74) is 0.0990. The van der Waals surface area contributed by atoms with Gasteiger partial charge in [-0.05, 0) is 132 Å². The molecule has 2 N–H and O–H groups in total. The number of nitrogens with one attached hydrogen (secondary N) is 1. The van der Waals surface area contributed by atoms with Gasteiger partial charge in [0.1, 0.15) is 0 Å². The molecule has 4 nitrogen and oxygen atoms in total. The SMILES string of the molecule is COC(=O)CCCC(C)NC[C@H]1CC[C@H]2[C@@H]3CC[C@@H]4C[C@](C)(O)CC[C@@H]4[C@H]3CC[C@]12C. The van der Waals surface area contributed by atoms with Crippen LogP contribution >= 0.6 is 0 Å². The number of esters is 1. The Bertz CT molecular complexity index is 634. The van der Waals surface area contributed by atoms with Crippen LogP contribution in [0.4, 0.5) is 0 Å². The Morgan fingerprint density at radius 2 is 1.84 bits per heavy atom. The average molecular weight is 434 g/mol. The van der Waals surface area contributed by atoms with E-state index in [0.29, 0.717) is 17.9 Å². The van der Waals surface area contributed by atoms with Crippen molar-refractivity contribution >= 4 is 5.97 Å². The van der Waals surface area contributed by atoms with Crippen molar-refractivity contribution in [2.24, 2.45) is 40.9 Å². The second kappa shape index (κ2) is 9.33. The van der Waals surface area contributed by atoms with Gasteiger partial charge < -0.3 is 15.2 Å². The highest BCUT2D eigenvalue weighted by atomic mass is 16.5. The molecule has 0 aromatic carbocycles. The monoisotopic (exact) mass is 433 g/mol. The van der Waals surface area contributed by atoms with Gasteiger partial charge >= 0.3 is 5.97 Å². The van der Waals surface area contributed by atoms with Gasteiger partial charge in [-0.3, -0.25) is 4.79 Å². The molecule has 4 heteroatoms. The van der Waals surface area contributed by atoms with Crippen LogP contribution in [0.15, 0.2) is 0 Å². The minimum absolute atomic E-state index is 0.0913. The molecule has 4 saturated carbocycles. The highest BCUT2D eigenvalue weighted by Gasteiger charge is 2.57. The Morgan fingerprint density at radius 3 is 2.61 bits per heavy atom. The predicted octanol–water partition coefficient (Wildman–Crippen LogP) is 5.33. The van der Waals surface area contributed by atoms with Gasteiger partial charge in [-0.1, -0.05) is 6.92 Å². The first-order valence-corrected chi connectivity index (χ1v) is 13.3. The van der Waals surface area contributed by atoms with Gasteiger partial charge in [-0.2, -0.15) is 0 Å². The minimum atomic E-state index is -0.408. The van der Waals surface area contributed by atoms with Crippen LogP contribution in [-0.4, -0.2) is 36.4 Å². The molecule has 0 saturated heterocycles. The van der Waals surface area contributed by atoms with Gasteiger partial charge in [0, 0.05) is 12.5 Å². The smallest absolute Gasteiger partial charge is 0.305 e. The largest absolute Gasteiger partial charge is 0.469 e. The van der Waals surface area contributed by atoms with Crippen LogP contribution in [-0.2, 0) is 9.53 Å². The Hall–Kier alpha value is -0.610. The fraction of sp³-hybridized carbons (Fsp3) is 0.963. The average Bonchev–Trinajstić information content (AvgIpc) is 3.07. The number of fused-ring (bicyclic) bond motifs is 5. The molecule has 0 spiro atoms. The molecule has 4 aliphatic carbocycles. The van der Waals surface area contributed by atoms with E-state index < -0.39 is 5.60 Å². The summed E-state index contributed by atoms with van der Waals surface area (Å²) in [6.07, 6.45) is 14.2. The van der Waals surface area contributed by atoms with Crippen LogP contribution in [0, 0.1) is 40.9 Å². The maximum absolute atomic E-state index is 11.3. The summed E-state index contributed by atoms with van der Waals surface area (Å²) in [4.78, 5) is 11.3. The van der Waals surface area contributed by atoms with Crippen molar-refractivity contribution in [2.45, 2.75) is 109 Å². The van der Waals surface area contributed by atoms with E-state index in [-0.39, 0.29) is 5.97 Å². The molecule has 4 rings (SSSR count). The lowest BCUT2D eigenvalue weighted by Crippen LogP contribution is -2.51. The second-order valence-electron chi connectivity index (χ2n) is 12.3. The fourth-order valence-corrected chi connectivity index (χ4v) is 8.63. The predicted molar refractivity (Wildman–Crippen MR) is 125 cm³/mol. The van der Waals surface area contributed by atoms with Crippen molar-refractivity contribution in [3.8, 4) is 0 Å². The first-order chi connectivity index (χ1) is 14.7. The van der Waals surface area contributed by atoms with E-state index in [1.54, 1.807) is 0 Å². The van der Waals surface area contributed by atoms with E-state index in [1.807, 2.05) is 0 Å². The first kappa shape index (κ1) is 23.5. The highest BCUT2D eigenvalue weighted by molar-refractivity contribution is 5.68. The normalized spacial score (nSPS) is 45.3. The molecule has 31 heavy (non-hydrogen) atoms. The van der Waals surface area contributed by atoms with Crippen molar-refractivity contribution in [1.29, 1.82) is 0 Å². The number of ether oxygens (including phenoxy) is 1. The maximum atomic E-state index is 11.3. The summed E-state index contributed by atoms with van der Waals surface area (Å²) in [6, 6.07) is 0.467. The Morgan fingerprint density at radius 1 is 1.06 bits per heavy atom. The zero-order valence-corrected chi connectivity index (χ0v) is 20.5. The van der Waals surface area contributed by atoms with E-state index in [1.165, 1.54) is 52.1 Å². The molecule has 178 valence electrons. The van der Waals surface area contributed by atoms with Crippen molar-refractivity contribution in [2.75, 3.05) is 13.7 Å². The first-order valence-electron chi connectivity index (χ1n) is 13.3. The van der Waals surface area contributed by atoms with Crippen molar-refractivity contribution < 1.29 is 14.6 Å². The second-order valence-corrected chi connectivity index (χ2v) is 12.3. The van der Waals surface area contributed by atoms with E-state index >= 15 is 0 Å². The zero-order chi connectivity index (χ0) is 22.2. The standard InChI is InChI=1S/C27H47NO3/c1-18(6-5-7-25(29)31-4)28-17-20-9-11-24-23-10-8-19-16-26(2,30)14-12-21(19)22(23)13-15-27(20,24)3/h18-24,28,30H,5-17H2,1-4H3/t18?,19-,20-,21+,22-,23-,24+,26-,27-/m1/s1. The van der Waals surface area contributed by atoms with Crippen LogP contribution in [0.3, 0.4) is 0 Å². The third-order valence-corrected chi connectivity index (χ3v) is 10.4. The summed E-state index contributed by atoms with van der Waals surface area (Å²) in [5.74, 6) is 5.14. The summed E-state index contributed by atoms with van der Waals surface area (Å²) >= 11 is 0. The van der Waals surface area contributed by atoms with Gasteiger partial charge in [0.25, 0.3) is 0 Å². The Labute approximate surface area is 190 Å². The van der Waals surface area contributed by atoms with E-state index in [9.17, 15) is 9.90 Å². The van der Waals surface area contributed by atoms with E-state index in [0.717, 1.165) is 67.7 Å². The molecular weight excluding hydrogens is 386 g/mol. The minimum Gasteiger partial charge on any atom is -0.469 e. The molecule has 0 heterocycles. The topological polar surface area (TPSA) is 58.6 Å². The molecule has 4 fully saturated rings. The Kier molecular flexibility index (Phi) is 7.09. The van der Waals surface area contributed by atoms with Gasteiger partial charge in [0.2, 0.25) is 0 Å². The van der Waals surface area contributed by atoms with E-state index in [2.05, 4.69) is 26.1 Å². The van der Waals surface area contributed by atoms with Gasteiger partial charge in [-0.25, -0.2) is 0 Å². The number of carbonyl (C=O) groups excluding carboxylic acids is 1. The highest BCUT2D eigenvalue weighted by Crippen LogP contribution is 2.64. The molecule has 0 aromatic rings. The maximum Gasteiger partial charge on any atom is 0.305 e. The number of methoxy groups -OCH3 is 1. The molecule has 0 amide bonds. The third kappa shape index (κ3) is 4.86. The zero-order valence-electron chi connectivity index (χ0n) is 20.5. The van der Waals surface area contributed by atoms with Gasteiger partial charge in [-0.15, -0.1) is 0 Å². The fourth-order valence-electron chi connectivity index (χ4n) is 8.63. The number of rotatable bonds is 7. The molecule has 0 aliphatic heterocycles. The molecule has 0 bridgehead atoms. The number of aliphatic hydroxyl groups is 1. The molecule has 1 unspecified atom stereocenters. The van der Waals surface area contributed by atoms with Crippen LogP contribution in [0.5, 0.6) is 0 Å². The van der Waals surface area contributed by atoms with Crippen LogP contribution in [0.2, 0.25) is 0 Å². The molecule has 0 radical (unpaired) electrons. The number of hydrogen-bond donors (Lipinski definition) is 2.